The highest BCUT2D eigenvalue weighted by molar-refractivity contribution is 5.46. The first-order chi connectivity index (χ1) is 57.8. The SMILES string of the molecule is Cc1cc2nc(C)cn2cn1.Cc1ccc2nc(C)cn2c1.Cc1ccc2nc(C)nn2c1.Cc1ccn2cc(C)nc2c1.Cc1ccn2cc(C)nc2n1.Cc1ccn2cc(C)nc2n1.Cc1ccn2nc(C)cc2n1.Cc1ccn2nc(C)nc2c1.Cc1cn2cc(C)nc2cn1.Cc1cn2nc(C)ccc2n1.Cc1cnn2cc(C)nc2c1. The lowest BCUT2D eigenvalue weighted by Crippen LogP contribution is -1.91. The Bertz CT molecular complexity index is 5760. The number of aromatic nitrogens is 31. The largest absolute Gasteiger partial charge is 0.307 e. The highest BCUT2D eigenvalue weighted by atomic mass is 15.3. The van der Waals surface area contributed by atoms with Crippen LogP contribution in [0.4, 0.5) is 0 Å². The van der Waals surface area contributed by atoms with Gasteiger partial charge in [0.15, 0.2) is 33.9 Å². The van der Waals surface area contributed by atoms with Gasteiger partial charge in [-0.15, -0.1) is 0 Å². The van der Waals surface area contributed by atoms with Gasteiger partial charge in [-0.05, 0) is 253 Å². The zero-order chi connectivity index (χ0) is 86.3. The van der Waals surface area contributed by atoms with E-state index in [-0.39, 0.29) is 0 Å². The van der Waals surface area contributed by atoms with Crippen molar-refractivity contribution < 1.29 is 0 Å². The average molecular weight is 1620 g/mol. The second kappa shape index (κ2) is 38.4. The molecule has 22 rings (SSSR count). The number of nitrogens with zero attached hydrogens (tertiary/aromatic N) is 31. The minimum atomic E-state index is 0.780. The summed E-state index contributed by atoms with van der Waals surface area (Å²) < 4.78 is 20.8. The van der Waals surface area contributed by atoms with Gasteiger partial charge in [-0.1, -0.05) is 12.1 Å². The van der Waals surface area contributed by atoms with Crippen LogP contribution in [0.25, 0.3) is 62.4 Å². The molecule has 0 N–H and O–H groups in total. The van der Waals surface area contributed by atoms with E-state index in [1.165, 1.54) is 22.3 Å². The number of hydrogen-bond donors (Lipinski definition) is 0. The van der Waals surface area contributed by atoms with E-state index >= 15 is 0 Å². The van der Waals surface area contributed by atoms with Crippen LogP contribution < -0.4 is 0 Å². The van der Waals surface area contributed by atoms with Crippen LogP contribution >= 0.6 is 0 Å². The topological polar surface area (TPSA) is 306 Å². The molecular weight excluding hydrogens is 1520 g/mol. The molecule has 0 aromatic carbocycles. The van der Waals surface area contributed by atoms with Gasteiger partial charge in [0.25, 0.3) is 0 Å². The van der Waals surface area contributed by atoms with E-state index in [4.69, 9.17) is 0 Å². The Morgan fingerprint density at radius 1 is 0.190 bits per heavy atom. The maximum Gasteiger partial charge on any atom is 0.234 e. The van der Waals surface area contributed by atoms with E-state index in [1.54, 1.807) is 35.1 Å². The molecule has 0 spiro atoms. The molecule has 0 saturated carbocycles. The molecule has 22 aromatic rings. The molecule has 0 radical (unpaired) electrons. The first-order valence-corrected chi connectivity index (χ1v) is 39.3. The van der Waals surface area contributed by atoms with Crippen LogP contribution in [-0.4, -0.2) is 149 Å². The highest BCUT2D eigenvalue weighted by Gasteiger charge is 2.06. The summed E-state index contributed by atoms with van der Waals surface area (Å²) in [5.41, 5.74) is 29.8. The third-order valence-corrected chi connectivity index (χ3v) is 17.7. The van der Waals surface area contributed by atoms with E-state index in [2.05, 4.69) is 138 Å². The molecule has 31 nitrogen and oxygen atoms in total. The average Bonchev–Trinajstić information content (AvgIpc) is 1.81. The normalized spacial score (nSPS) is 10.7. The van der Waals surface area contributed by atoms with Crippen molar-refractivity contribution in [3.63, 3.8) is 0 Å². The molecule has 31 heteroatoms. The second-order valence-corrected chi connectivity index (χ2v) is 29.7. The summed E-state index contributed by atoms with van der Waals surface area (Å²) >= 11 is 0. The first-order valence-electron chi connectivity index (χ1n) is 39.3. The molecule has 0 unspecified atom stereocenters. The van der Waals surface area contributed by atoms with Crippen molar-refractivity contribution in [2.24, 2.45) is 0 Å². The molecule has 0 bridgehead atoms. The minimum absolute atomic E-state index is 0.780. The number of imidazole rings is 8. The molecule has 616 valence electrons. The van der Waals surface area contributed by atoms with Crippen LogP contribution in [0, 0.1) is 152 Å². The quantitative estimate of drug-likeness (QED) is 0.136. The van der Waals surface area contributed by atoms with Gasteiger partial charge in [0.1, 0.15) is 34.9 Å². The Morgan fingerprint density at radius 2 is 0.579 bits per heavy atom. The summed E-state index contributed by atoms with van der Waals surface area (Å²) in [6.45, 7) is 43.6. The van der Waals surface area contributed by atoms with Crippen LogP contribution in [0.2, 0.25) is 0 Å². The standard InChI is InChI=1S/2C9H10N2.9C8H9N3/c1-7-3-4-11-6-8(2)10-9(11)5-7;1-7-3-4-9-10-8(2)6-11(9)5-7;1-6-4-11-5-7(2)10-8(11)3-9-6;1-6-3-8-10-7(2)4-11(8)5-9-6;1-6-3-8-10-7(2)5-11(8)9-4-6;2*1-6-3-4-11-5-7(2)10-8(11)9-6;1-6-3-4-11-8(9-6)5-7(2)10-11;1-6-3-4-8-9-7(2)5-11(8)10-6;1-6-3-4-11-8(5-6)9-7(2)10-11;1-6-3-4-8-9-7(2)10-11(8)5-6/h2*3-6H,1-2H3;9*3-5H,1-2H3. The van der Waals surface area contributed by atoms with E-state index in [0.29, 0.717) is 0 Å². The van der Waals surface area contributed by atoms with Gasteiger partial charge in [0.05, 0.1) is 87.4 Å². The molecule has 0 aliphatic rings. The molecule has 22 heterocycles. The Balaban J connectivity index is 0.000000122. The zero-order valence-electron chi connectivity index (χ0n) is 72.6. The van der Waals surface area contributed by atoms with E-state index < -0.39 is 0 Å². The Kier molecular flexibility index (Phi) is 27.1. The Morgan fingerprint density at radius 3 is 1.25 bits per heavy atom. The zero-order valence-corrected chi connectivity index (χ0v) is 72.6. The summed E-state index contributed by atoms with van der Waals surface area (Å²) in [4.78, 5) is 63.7. The minimum Gasteiger partial charge on any atom is -0.307 e. The summed E-state index contributed by atoms with van der Waals surface area (Å²) in [5, 5.41) is 21.0. The maximum atomic E-state index is 4.34. The summed E-state index contributed by atoms with van der Waals surface area (Å²) in [7, 11) is 0. The molecule has 0 saturated heterocycles. The van der Waals surface area contributed by atoms with Gasteiger partial charge < -0.3 is 13.2 Å². The van der Waals surface area contributed by atoms with Gasteiger partial charge in [-0.25, -0.2) is 92.4 Å². The predicted octanol–water partition coefficient (Wildman–Crippen LogP) is 16.0. The van der Waals surface area contributed by atoms with Crippen molar-refractivity contribution in [2.75, 3.05) is 0 Å². The lowest BCUT2D eigenvalue weighted by atomic mass is 10.3. The lowest BCUT2D eigenvalue weighted by molar-refractivity contribution is 0.900. The molecule has 0 aliphatic carbocycles. The van der Waals surface area contributed by atoms with Crippen LogP contribution in [0.1, 0.15) is 125 Å². The molecule has 0 aliphatic heterocycles. The predicted molar refractivity (Wildman–Crippen MR) is 471 cm³/mol. The lowest BCUT2D eigenvalue weighted by Gasteiger charge is -1.92. The van der Waals surface area contributed by atoms with Crippen molar-refractivity contribution in [1.82, 2.24) is 149 Å². The molecule has 0 amide bonds. The van der Waals surface area contributed by atoms with E-state index in [1.807, 2.05) is 343 Å². The second-order valence-electron chi connectivity index (χ2n) is 29.7. The molecule has 0 atom stereocenters. The number of aryl methyl sites for hydroxylation is 22. The fraction of sp³-hybridized carbons (Fsp3) is 0.244. The van der Waals surface area contributed by atoms with E-state index in [0.717, 1.165) is 165 Å². The highest BCUT2D eigenvalue weighted by Crippen LogP contribution is 2.13. The smallest absolute Gasteiger partial charge is 0.234 e. The van der Waals surface area contributed by atoms with Crippen LogP contribution in [0.3, 0.4) is 0 Å². The van der Waals surface area contributed by atoms with Crippen molar-refractivity contribution >= 4 is 62.4 Å². The molecule has 22 aromatic heterocycles. The fourth-order valence-electron chi connectivity index (χ4n) is 12.3. The number of hydrogen-bond acceptors (Lipinski definition) is 20. The van der Waals surface area contributed by atoms with Crippen molar-refractivity contribution in [1.29, 1.82) is 0 Å². The van der Waals surface area contributed by atoms with Gasteiger partial charge in [0, 0.05) is 122 Å². The monoisotopic (exact) mass is 1620 g/mol. The van der Waals surface area contributed by atoms with Crippen molar-refractivity contribution in [3.05, 3.63) is 340 Å². The third-order valence-electron chi connectivity index (χ3n) is 17.7. The van der Waals surface area contributed by atoms with Gasteiger partial charge in [-0.2, -0.15) is 25.5 Å². The van der Waals surface area contributed by atoms with Crippen LogP contribution in [-0.2, 0) is 0 Å². The number of rotatable bonds is 0. The maximum absolute atomic E-state index is 4.34. The molecule has 0 fully saturated rings. The number of fused-ring (bicyclic) bond motifs is 11. The summed E-state index contributed by atoms with van der Waals surface area (Å²) in [6.07, 6.45) is 37.0. The Labute approximate surface area is 700 Å². The van der Waals surface area contributed by atoms with Crippen LogP contribution in [0.15, 0.2) is 215 Å². The van der Waals surface area contributed by atoms with E-state index in [9.17, 15) is 0 Å². The Hall–Kier alpha value is -15.0. The van der Waals surface area contributed by atoms with Gasteiger partial charge in [-0.3, -0.25) is 18.2 Å². The first kappa shape index (κ1) is 85.3. The van der Waals surface area contributed by atoms with Crippen LogP contribution in [0.5, 0.6) is 0 Å². The fourth-order valence-corrected chi connectivity index (χ4v) is 12.3. The molecule has 121 heavy (non-hydrogen) atoms. The van der Waals surface area contributed by atoms with Crippen molar-refractivity contribution in [2.45, 2.75) is 152 Å². The number of pyridine rings is 4. The van der Waals surface area contributed by atoms with Crippen molar-refractivity contribution in [3.8, 4) is 0 Å². The summed E-state index contributed by atoms with van der Waals surface area (Å²) in [5.74, 6) is 3.19. The summed E-state index contributed by atoms with van der Waals surface area (Å²) in [6, 6.07) is 32.0. The third kappa shape index (κ3) is 23.9. The van der Waals surface area contributed by atoms with Gasteiger partial charge >= 0.3 is 0 Å². The molecular formula is C90H101N31. The van der Waals surface area contributed by atoms with Gasteiger partial charge in [0.2, 0.25) is 11.6 Å².